The molecule has 0 radical (unpaired) electrons. The summed E-state index contributed by atoms with van der Waals surface area (Å²) in [5, 5.41) is 3.36. The molecule has 174 valence electrons. The molecular weight excluding hydrogens is 440 g/mol. The van der Waals surface area contributed by atoms with Crippen LogP contribution < -0.4 is 15.0 Å². The summed E-state index contributed by atoms with van der Waals surface area (Å²) in [6, 6.07) is 6.92. The lowest BCUT2D eigenvalue weighted by molar-refractivity contribution is -0.119. The van der Waals surface area contributed by atoms with Crippen LogP contribution in [0.2, 0.25) is 0 Å². The maximum atomic E-state index is 12.6. The van der Waals surface area contributed by atoms with Crippen LogP contribution in [0.4, 0.5) is 10.6 Å². The van der Waals surface area contributed by atoms with E-state index in [0.29, 0.717) is 29.8 Å². The highest BCUT2D eigenvalue weighted by atomic mass is 32.1. The summed E-state index contributed by atoms with van der Waals surface area (Å²) in [4.78, 5) is 39.0. The second-order valence-electron chi connectivity index (χ2n) is 8.50. The molecule has 2 fully saturated rings. The maximum absolute atomic E-state index is 12.6. The number of aromatic nitrogens is 2. The number of piperazine rings is 1. The molecule has 1 atom stereocenters. The summed E-state index contributed by atoms with van der Waals surface area (Å²) in [6.07, 6.45) is 5.64. The first-order valence-corrected chi connectivity index (χ1v) is 11.5. The van der Waals surface area contributed by atoms with Crippen molar-refractivity contribution in [3.8, 4) is 5.75 Å². The van der Waals surface area contributed by atoms with Crippen LogP contribution in [0.25, 0.3) is 0 Å². The molecule has 1 unspecified atom stereocenters. The van der Waals surface area contributed by atoms with E-state index in [2.05, 4.69) is 26.3 Å². The summed E-state index contributed by atoms with van der Waals surface area (Å²) >= 11 is 5.29. The van der Waals surface area contributed by atoms with E-state index in [0.717, 1.165) is 26.1 Å². The molecule has 2 aliphatic rings. The lowest BCUT2D eigenvalue weighted by Crippen LogP contribution is -2.49. The minimum absolute atomic E-state index is 0.108. The van der Waals surface area contributed by atoms with Crippen molar-refractivity contribution in [2.75, 3.05) is 37.6 Å². The third kappa shape index (κ3) is 5.45. The van der Waals surface area contributed by atoms with E-state index in [9.17, 15) is 9.59 Å². The third-order valence-electron chi connectivity index (χ3n) is 5.86. The SMILES string of the molecule is CC(C)C1NC(=S)N(c2ccc(OC(=O)N3CCN(CCc4cccnc4)CC3)cn2)C1=O. The Morgan fingerprint density at radius 3 is 2.61 bits per heavy atom. The van der Waals surface area contributed by atoms with Crippen LogP contribution in [0.1, 0.15) is 19.4 Å². The van der Waals surface area contributed by atoms with Crippen LogP contribution in [0.5, 0.6) is 5.75 Å². The van der Waals surface area contributed by atoms with Gasteiger partial charge in [-0.2, -0.15) is 0 Å². The molecule has 0 bridgehead atoms. The third-order valence-corrected chi connectivity index (χ3v) is 6.16. The fourth-order valence-electron chi connectivity index (χ4n) is 3.89. The number of ether oxygens (including phenoxy) is 1. The molecule has 10 heteroatoms. The number of thiocarbonyl (C=S) groups is 1. The van der Waals surface area contributed by atoms with Gasteiger partial charge in [0.2, 0.25) is 0 Å². The number of hydrogen-bond acceptors (Lipinski definition) is 7. The highest BCUT2D eigenvalue weighted by Gasteiger charge is 2.38. The fraction of sp³-hybridized carbons (Fsp3) is 0.435. The van der Waals surface area contributed by atoms with Gasteiger partial charge in [-0.3, -0.25) is 14.7 Å². The molecule has 2 saturated heterocycles. The Morgan fingerprint density at radius 1 is 1.21 bits per heavy atom. The Labute approximate surface area is 198 Å². The quantitative estimate of drug-likeness (QED) is 0.645. The van der Waals surface area contributed by atoms with Crippen LogP contribution in [0.3, 0.4) is 0 Å². The zero-order valence-electron chi connectivity index (χ0n) is 18.8. The van der Waals surface area contributed by atoms with Gasteiger partial charge in [0.05, 0.1) is 6.20 Å². The van der Waals surface area contributed by atoms with E-state index in [-0.39, 0.29) is 17.9 Å². The first-order valence-electron chi connectivity index (χ1n) is 11.1. The molecule has 1 N–H and O–H groups in total. The highest BCUT2D eigenvalue weighted by molar-refractivity contribution is 7.80. The first-order chi connectivity index (χ1) is 15.9. The summed E-state index contributed by atoms with van der Waals surface area (Å²) in [7, 11) is 0. The average Bonchev–Trinajstić information content (AvgIpc) is 3.13. The lowest BCUT2D eigenvalue weighted by atomic mass is 10.1. The minimum atomic E-state index is -0.397. The van der Waals surface area contributed by atoms with Gasteiger partial charge < -0.3 is 15.0 Å². The van der Waals surface area contributed by atoms with E-state index in [1.54, 1.807) is 23.2 Å². The van der Waals surface area contributed by atoms with Crippen molar-refractivity contribution in [3.63, 3.8) is 0 Å². The summed E-state index contributed by atoms with van der Waals surface area (Å²) in [6.45, 7) is 7.66. The number of pyridine rings is 2. The van der Waals surface area contributed by atoms with Crippen LogP contribution in [0.15, 0.2) is 42.9 Å². The highest BCUT2D eigenvalue weighted by Crippen LogP contribution is 2.23. The Bertz CT molecular complexity index is 993. The molecule has 9 nitrogen and oxygen atoms in total. The molecule has 0 saturated carbocycles. The minimum Gasteiger partial charge on any atom is -0.409 e. The summed E-state index contributed by atoms with van der Waals surface area (Å²) < 4.78 is 5.49. The van der Waals surface area contributed by atoms with E-state index in [4.69, 9.17) is 17.0 Å². The molecule has 4 rings (SSSR count). The van der Waals surface area contributed by atoms with Crippen molar-refractivity contribution in [2.24, 2.45) is 5.92 Å². The van der Waals surface area contributed by atoms with Crippen LogP contribution in [-0.2, 0) is 11.2 Å². The van der Waals surface area contributed by atoms with E-state index >= 15 is 0 Å². The zero-order chi connectivity index (χ0) is 23.4. The standard InChI is InChI=1S/C23H28N6O3S/c1-16(2)20-21(30)29(22(33)26-20)19-6-5-18(15-25-19)32-23(31)28-12-10-27(11-13-28)9-7-17-4-3-8-24-14-17/h3-6,8,14-16,20H,7,9-13H2,1-2H3,(H,26,33). The van der Waals surface area contributed by atoms with Crippen molar-refractivity contribution in [2.45, 2.75) is 26.3 Å². The van der Waals surface area contributed by atoms with Crippen molar-refractivity contribution in [1.29, 1.82) is 0 Å². The molecule has 2 amide bonds. The number of amides is 2. The van der Waals surface area contributed by atoms with Crippen molar-refractivity contribution in [1.82, 2.24) is 25.1 Å². The van der Waals surface area contributed by atoms with E-state index in [1.165, 1.54) is 16.7 Å². The molecule has 4 heterocycles. The number of rotatable bonds is 6. The van der Waals surface area contributed by atoms with Gasteiger partial charge in [0.1, 0.15) is 11.9 Å². The van der Waals surface area contributed by atoms with Crippen LogP contribution in [0, 0.1) is 5.92 Å². The predicted octanol–water partition coefficient (Wildman–Crippen LogP) is 2.08. The van der Waals surface area contributed by atoms with Crippen molar-refractivity contribution in [3.05, 3.63) is 48.4 Å². The molecular formula is C23H28N6O3S. The molecule has 33 heavy (non-hydrogen) atoms. The smallest absolute Gasteiger partial charge is 0.409 e. The Kier molecular flexibility index (Phi) is 7.14. The number of nitrogens with zero attached hydrogens (tertiary/aromatic N) is 5. The van der Waals surface area contributed by atoms with Crippen molar-refractivity contribution >= 4 is 35.1 Å². The first kappa shape index (κ1) is 23.1. The Balaban J connectivity index is 1.26. The van der Waals surface area contributed by atoms with Gasteiger partial charge in [0, 0.05) is 45.1 Å². The summed E-state index contributed by atoms with van der Waals surface area (Å²) in [5.41, 5.74) is 1.21. The monoisotopic (exact) mass is 468 g/mol. The second kappa shape index (κ2) is 10.2. The molecule has 2 aromatic rings. The van der Waals surface area contributed by atoms with Gasteiger partial charge >= 0.3 is 6.09 Å². The molecule has 2 aliphatic heterocycles. The number of carbonyl (C=O) groups excluding carboxylic acids is 2. The average molecular weight is 469 g/mol. The topological polar surface area (TPSA) is 90.9 Å². The fourth-order valence-corrected chi connectivity index (χ4v) is 4.20. The molecule has 0 spiro atoms. The number of nitrogens with one attached hydrogen (secondary N) is 1. The number of hydrogen-bond donors (Lipinski definition) is 1. The maximum Gasteiger partial charge on any atom is 0.415 e. The molecule has 2 aromatic heterocycles. The van der Waals surface area contributed by atoms with E-state index < -0.39 is 6.09 Å². The van der Waals surface area contributed by atoms with Gasteiger partial charge in [-0.1, -0.05) is 19.9 Å². The van der Waals surface area contributed by atoms with Crippen LogP contribution in [-0.4, -0.2) is 75.6 Å². The summed E-state index contributed by atoms with van der Waals surface area (Å²) in [5.74, 6) is 0.710. The van der Waals surface area contributed by atoms with Gasteiger partial charge in [-0.15, -0.1) is 0 Å². The largest absolute Gasteiger partial charge is 0.415 e. The molecule has 0 aromatic carbocycles. The van der Waals surface area contributed by atoms with Crippen molar-refractivity contribution < 1.29 is 14.3 Å². The Morgan fingerprint density at radius 2 is 2.00 bits per heavy atom. The van der Waals surface area contributed by atoms with Gasteiger partial charge in [-0.05, 0) is 48.3 Å². The number of anilines is 1. The predicted molar refractivity (Wildman–Crippen MR) is 128 cm³/mol. The van der Waals surface area contributed by atoms with Gasteiger partial charge in [0.15, 0.2) is 10.9 Å². The van der Waals surface area contributed by atoms with Gasteiger partial charge in [-0.25, -0.2) is 14.7 Å². The second-order valence-corrected chi connectivity index (χ2v) is 8.89. The molecule has 0 aliphatic carbocycles. The van der Waals surface area contributed by atoms with E-state index in [1.807, 2.05) is 26.1 Å². The normalized spacial score (nSPS) is 19.2. The zero-order valence-corrected chi connectivity index (χ0v) is 19.6. The number of carbonyl (C=O) groups is 2. The van der Waals surface area contributed by atoms with Gasteiger partial charge in [0.25, 0.3) is 5.91 Å². The lowest BCUT2D eigenvalue weighted by Gasteiger charge is -2.34. The van der Waals surface area contributed by atoms with Crippen LogP contribution >= 0.6 is 12.2 Å². The Hall–Kier alpha value is -3.11.